The molecule has 7 nitrogen and oxygen atoms in total. The van der Waals surface area contributed by atoms with Crippen LogP contribution in [0.3, 0.4) is 0 Å². The zero-order valence-corrected chi connectivity index (χ0v) is 19.5. The lowest BCUT2D eigenvalue weighted by Gasteiger charge is -2.37. The van der Waals surface area contributed by atoms with Gasteiger partial charge < -0.3 is 24.9 Å². The van der Waals surface area contributed by atoms with Crippen molar-refractivity contribution in [2.24, 2.45) is 5.92 Å². The van der Waals surface area contributed by atoms with Gasteiger partial charge in [-0.15, -0.1) is 0 Å². The predicted octanol–water partition coefficient (Wildman–Crippen LogP) is 4.91. The number of piperidine rings is 1. The van der Waals surface area contributed by atoms with E-state index >= 15 is 0 Å². The molecule has 0 aliphatic carbocycles. The van der Waals surface area contributed by atoms with Crippen LogP contribution in [0.4, 0.5) is 4.79 Å². The molecule has 1 atom stereocenters. The highest BCUT2D eigenvalue weighted by Gasteiger charge is 2.33. The van der Waals surface area contributed by atoms with E-state index in [4.69, 9.17) is 4.74 Å². The van der Waals surface area contributed by atoms with Crippen LogP contribution in [-0.4, -0.2) is 52.7 Å². The smallest absolute Gasteiger partial charge is 0.409 e. The molecule has 2 aliphatic rings. The summed E-state index contributed by atoms with van der Waals surface area (Å²) in [7, 11) is 1.45. The minimum Gasteiger partial charge on any atom is -0.453 e. The zero-order chi connectivity index (χ0) is 23.3. The van der Waals surface area contributed by atoms with Gasteiger partial charge in [0, 0.05) is 29.7 Å². The number of hydrogen-bond donors (Lipinski definition) is 3. The molecule has 7 heteroatoms. The molecule has 4 heterocycles. The summed E-state index contributed by atoms with van der Waals surface area (Å²) in [5.41, 5.74) is 6.29. The van der Waals surface area contributed by atoms with Gasteiger partial charge in [0.15, 0.2) is 0 Å². The second kappa shape index (κ2) is 10.1. The Hall–Kier alpha value is -3.58. The van der Waals surface area contributed by atoms with Crippen LogP contribution in [0.1, 0.15) is 30.1 Å². The van der Waals surface area contributed by atoms with Crippen molar-refractivity contribution in [3.63, 3.8) is 0 Å². The Bertz CT molecular complexity index is 1210. The maximum atomic E-state index is 11.6. The number of aromatic amines is 2. The van der Waals surface area contributed by atoms with Gasteiger partial charge in [-0.05, 0) is 48.9 Å². The standard InChI is InChI=1S/C18H23N3O2.C9H8N2/c1-23-18(22)21-10-7-12(8-11-21)16-17-14(6-9-19-16)13-4-2-3-5-15(13)20-17;1-2-4-8(5-3-1)9-6-10-7-11-9/h2-5,12,16,19-20H,6-11H2,1H3;1-7H,(H,10,11). The minimum atomic E-state index is -0.202. The molecule has 0 saturated carbocycles. The Morgan fingerprint density at radius 2 is 1.82 bits per heavy atom. The maximum Gasteiger partial charge on any atom is 0.409 e. The first-order chi connectivity index (χ1) is 16.7. The fraction of sp³-hybridized carbons (Fsp3) is 0.333. The van der Waals surface area contributed by atoms with E-state index < -0.39 is 0 Å². The van der Waals surface area contributed by atoms with E-state index in [1.807, 2.05) is 41.4 Å². The summed E-state index contributed by atoms with van der Waals surface area (Å²) in [5.74, 6) is 0.558. The highest BCUT2D eigenvalue weighted by molar-refractivity contribution is 5.85. The van der Waals surface area contributed by atoms with Crippen molar-refractivity contribution < 1.29 is 9.53 Å². The summed E-state index contributed by atoms with van der Waals surface area (Å²) in [6.07, 6.45) is 6.41. The number of nitrogens with zero attached hydrogens (tertiary/aromatic N) is 2. The van der Waals surface area contributed by atoms with Crippen LogP contribution in [0.5, 0.6) is 0 Å². The lowest BCUT2D eigenvalue weighted by molar-refractivity contribution is 0.0991. The molecule has 2 aliphatic heterocycles. The van der Waals surface area contributed by atoms with Crippen LogP contribution in [0.2, 0.25) is 0 Å². The fourth-order valence-electron chi connectivity index (χ4n) is 5.19. The van der Waals surface area contributed by atoms with Gasteiger partial charge in [0.1, 0.15) is 0 Å². The summed E-state index contributed by atoms with van der Waals surface area (Å²) in [5, 5.41) is 5.06. The third-order valence-corrected chi connectivity index (χ3v) is 6.92. The van der Waals surface area contributed by atoms with Crippen LogP contribution >= 0.6 is 0 Å². The van der Waals surface area contributed by atoms with Crippen LogP contribution in [0, 0.1) is 5.92 Å². The molecule has 0 spiro atoms. The van der Waals surface area contributed by atoms with Crippen molar-refractivity contribution in [2.45, 2.75) is 25.3 Å². The van der Waals surface area contributed by atoms with Crippen LogP contribution < -0.4 is 5.32 Å². The summed E-state index contributed by atoms with van der Waals surface area (Å²) >= 11 is 0. The number of methoxy groups -OCH3 is 1. The number of likely N-dealkylation sites (tertiary alicyclic amines) is 1. The first-order valence-electron chi connectivity index (χ1n) is 11.9. The number of carbonyl (C=O) groups excluding carboxylic acids is 1. The summed E-state index contributed by atoms with van der Waals surface area (Å²) < 4.78 is 4.83. The first-order valence-corrected chi connectivity index (χ1v) is 11.9. The Morgan fingerprint density at radius 3 is 2.56 bits per heavy atom. The summed E-state index contributed by atoms with van der Waals surface area (Å²) in [6.45, 7) is 2.59. The topological polar surface area (TPSA) is 86.0 Å². The van der Waals surface area contributed by atoms with Gasteiger partial charge in [-0.1, -0.05) is 48.5 Å². The predicted molar refractivity (Wildman–Crippen MR) is 133 cm³/mol. The normalized spacial score (nSPS) is 18.1. The van der Waals surface area contributed by atoms with Gasteiger partial charge in [-0.3, -0.25) is 0 Å². The highest BCUT2D eigenvalue weighted by atomic mass is 16.5. The number of hydrogen-bond acceptors (Lipinski definition) is 4. The number of ether oxygens (including phenoxy) is 1. The molecule has 1 saturated heterocycles. The number of para-hydroxylation sites is 1. The number of carbonyl (C=O) groups is 1. The monoisotopic (exact) mass is 457 g/mol. The number of nitrogens with one attached hydrogen (secondary N) is 3. The van der Waals surface area contributed by atoms with Crippen LogP contribution in [0.25, 0.3) is 22.2 Å². The average molecular weight is 458 g/mol. The molecular formula is C27H31N5O2. The van der Waals surface area contributed by atoms with Crippen molar-refractivity contribution in [3.8, 4) is 11.3 Å². The zero-order valence-electron chi connectivity index (χ0n) is 19.5. The molecule has 1 fully saturated rings. The Morgan fingerprint density at radius 1 is 1.06 bits per heavy atom. The molecule has 6 rings (SSSR count). The molecule has 1 unspecified atom stereocenters. The molecular weight excluding hydrogens is 426 g/mol. The number of aromatic nitrogens is 3. The molecule has 2 aromatic carbocycles. The van der Waals surface area contributed by atoms with Gasteiger partial charge in [0.25, 0.3) is 0 Å². The Kier molecular flexibility index (Phi) is 6.62. The number of H-pyrrole nitrogens is 2. The van der Waals surface area contributed by atoms with E-state index in [2.05, 4.69) is 44.5 Å². The van der Waals surface area contributed by atoms with Crippen molar-refractivity contribution in [2.75, 3.05) is 26.7 Å². The molecule has 34 heavy (non-hydrogen) atoms. The third-order valence-electron chi connectivity index (χ3n) is 6.92. The largest absolute Gasteiger partial charge is 0.453 e. The lowest BCUT2D eigenvalue weighted by Crippen LogP contribution is -2.43. The van der Waals surface area contributed by atoms with E-state index in [1.54, 1.807) is 6.33 Å². The van der Waals surface area contributed by atoms with Crippen molar-refractivity contribution >= 4 is 17.0 Å². The third kappa shape index (κ3) is 4.56. The summed E-state index contributed by atoms with van der Waals surface area (Å²) in [6, 6.07) is 19.1. The van der Waals surface area contributed by atoms with Crippen molar-refractivity contribution in [1.29, 1.82) is 0 Å². The van der Waals surface area contributed by atoms with E-state index in [1.165, 1.54) is 34.8 Å². The quantitative estimate of drug-likeness (QED) is 0.399. The molecule has 4 aromatic rings. The van der Waals surface area contributed by atoms with E-state index in [9.17, 15) is 4.79 Å². The first kappa shape index (κ1) is 22.2. The maximum absolute atomic E-state index is 11.6. The van der Waals surface area contributed by atoms with E-state index in [-0.39, 0.29) is 6.09 Å². The van der Waals surface area contributed by atoms with Crippen molar-refractivity contribution in [3.05, 3.63) is 78.4 Å². The lowest BCUT2D eigenvalue weighted by atomic mass is 9.84. The number of imidazole rings is 1. The summed E-state index contributed by atoms with van der Waals surface area (Å²) in [4.78, 5) is 24.1. The molecule has 3 N–H and O–H groups in total. The molecule has 2 aromatic heterocycles. The van der Waals surface area contributed by atoms with Gasteiger partial charge in [-0.2, -0.15) is 0 Å². The van der Waals surface area contributed by atoms with Gasteiger partial charge >= 0.3 is 6.09 Å². The SMILES string of the molecule is COC(=O)N1CCC(C2NCCc3c2[nH]c2ccccc32)CC1.c1ccc(-c2cnc[nH]2)cc1. The Labute approximate surface area is 199 Å². The molecule has 0 bridgehead atoms. The van der Waals surface area contributed by atoms with Crippen molar-refractivity contribution in [1.82, 2.24) is 25.2 Å². The Balaban J connectivity index is 0.000000183. The van der Waals surface area contributed by atoms with E-state index in [0.29, 0.717) is 12.0 Å². The number of amides is 1. The average Bonchev–Trinajstić information content (AvgIpc) is 3.58. The van der Waals surface area contributed by atoms with Crippen LogP contribution in [0.15, 0.2) is 67.1 Å². The molecule has 176 valence electrons. The van der Waals surface area contributed by atoms with E-state index in [0.717, 1.165) is 44.6 Å². The fourth-order valence-corrected chi connectivity index (χ4v) is 5.19. The van der Waals surface area contributed by atoms with Crippen LogP contribution in [-0.2, 0) is 11.2 Å². The van der Waals surface area contributed by atoms with Gasteiger partial charge in [0.05, 0.1) is 31.4 Å². The molecule has 1 amide bonds. The number of rotatable bonds is 2. The molecule has 0 radical (unpaired) electrons. The highest BCUT2D eigenvalue weighted by Crippen LogP contribution is 2.37. The number of fused-ring (bicyclic) bond motifs is 3. The van der Waals surface area contributed by atoms with Gasteiger partial charge in [-0.25, -0.2) is 9.78 Å². The second-order valence-corrected chi connectivity index (χ2v) is 8.87. The van der Waals surface area contributed by atoms with Gasteiger partial charge in [0.2, 0.25) is 0 Å². The minimum absolute atomic E-state index is 0.202. The number of benzene rings is 2. The second-order valence-electron chi connectivity index (χ2n) is 8.87.